The van der Waals surface area contributed by atoms with Gasteiger partial charge in [-0.2, -0.15) is 4.98 Å². The Balaban J connectivity index is 2.76. The fourth-order valence-electron chi connectivity index (χ4n) is 1.69. The van der Waals surface area contributed by atoms with Crippen molar-refractivity contribution in [3.8, 4) is 0 Å². The standard InChI is InChI=1S/C11H22N4O/c1-6-9(12-4)8(3)10-13-11(14-16-10)15(5)7-2/h8-9,12H,6-7H2,1-5H3. The molecule has 0 fully saturated rings. The predicted molar refractivity (Wildman–Crippen MR) is 64.8 cm³/mol. The molecule has 1 aromatic rings. The van der Waals surface area contributed by atoms with Crippen LogP contribution in [0.1, 0.15) is 39.0 Å². The first-order valence-corrected chi connectivity index (χ1v) is 5.86. The van der Waals surface area contributed by atoms with Crippen LogP contribution >= 0.6 is 0 Å². The van der Waals surface area contributed by atoms with E-state index in [0.717, 1.165) is 13.0 Å². The molecule has 2 unspecified atom stereocenters. The largest absolute Gasteiger partial charge is 0.342 e. The molecular weight excluding hydrogens is 204 g/mol. The molecule has 5 heteroatoms. The van der Waals surface area contributed by atoms with E-state index < -0.39 is 0 Å². The average molecular weight is 226 g/mol. The van der Waals surface area contributed by atoms with E-state index in [9.17, 15) is 0 Å². The fraction of sp³-hybridized carbons (Fsp3) is 0.818. The summed E-state index contributed by atoms with van der Waals surface area (Å²) >= 11 is 0. The van der Waals surface area contributed by atoms with Crippen LogP contribution in [0.15, 0.2) is 4.52 Å². The van der Waals surface area contributed by atoms with E-state index in [1.807, 2.05) is 19.0 Å². The van der Waals surface area contributed by atoms with Gasteiger partial charge < -0.3 is 14.7 Å². The molecular formula is C11H22N4O. The van der Waals surface area contributed by atoms with E-state index in [1.54, 1.807) is 0 Å². The molecule has 1 heterocycles. The number of rotatable bonds is 6. The molecule has 0 radical (unpaired) electrons. The summed E-state index contributed by atoms with van der Waals surface area (Å²) in [5.74, 6) is 1.60. The van der Waals surface area contributed by atoms with Gasteiger partial charge in [-0.05, 0) is 25.5 Å². The molecule has 0 bridgehead atoms. The van der Waals surface area contributed by atoms with Crippen LogP contribution in [0.5, 0.6) is 0 Å². The van der Waals surface area contributed by atoms with Crippen LogP contribution in [-0.4, -0.2) is 36.8 Å². The molecule has 0 saturated heterocycles. The number of aromatic nitrogens is 2. The van der Waals surface area contributed by atoms with Gasteiger partial charge in [0.15, 0.2) is 0 Å². The summed E-state index contributed by atoms with van der Waals surface area (Å²) in [6.07, 6.45) is 1.04. The van der Waals surface area contributed by atoms with Gasteiger partial charge in [-0.1, -0.05) is 13.8 Å². The molecule has 0 amide bonds. The molecule has 0 saturated carbocycles. The smallest absolute Gasteiger partial charge is 0.265 e. The number of nitrogens with one attached hydrogen (secondary N) is 1. The van der Waals surface area contributed by atoms with Crippen LogP contribution in [0.4, 0.5) is 5.95 Å². The van der Waals surface area contributed by atoms with Crippen LogP contribution in [0.2, 0.25) is 0 Å². The Kier molecular flexibility index (Phi) is 4.73. The second-order valence-electron chi connectivity index (χ2n) is 4.04. The van der Waals surface area contributed by atoms with Crippen molar-refractivity contribution in [1.82, 2.24) is 15.5 Å². The normalized spacial score (nSPS) is 14.8. The molecule has 1 aromatic heterocycles. The maximum Gasteiger partial charge on any atom is 0.265 e. The number of anilines is 1. The molecule has 1 N–H and O–H groups in total. The molecule has 0 aliphatic carbocycles. The van der Waals surface area contributed by atoms with Crippen molar-refractivity contribution in [2.24, 2.45) is 0 Å². The minimum atomic E-state index is 0.238. The highest BCUT2D eigenvalue weighted by atomic mass is 16.5. The van der Waals surface area contributed by atoms with Gasteiger partial charge in [0.05, 0.1) is 5.92 Å². The Bertz CT molecular complexity index is 309. The van der Waals surface area contributed by atoms with Gasteiger partial charge in [0.25, 0.3) is 5.95 Å². The van der Waals surface area contributed by atoms with Crippen molar-refractivity contribution in [2.45, 2.75) is 39.2 Å². The highest BCUT2D eigenvalue weighted by Crippen LogP contribution is 2.21. The van der Waals surface area contributed by atoms with E-state index in [0.29, 0.717) is 17.9 Å². The fourth-order valence-corrected chi connectivity index (χ4v) is 1.69. The zero-order valence-corrected chi connectivity index (χ0v) is 10.8. The van der Waals surface area contributed by atoms with E-state index in [4.69, 9.17) is 4.52 Å². The highest BCUT2D eigenvalue weighted by molar-refractivity contribution is 5.25. The lowest BCUT2D eigenvalue weighted by Crippen LogP contribution is -2.30. The van der Waals surface area contributed by atoms with Gasteiger partial charge in [-0.25, -0.2) is 0 Å². The maximum atomic E-state index is 5.29. The Morgan fingerprint density at radius 2 is 2.12 bits per heavy atom. The summed E-state index contributed by atoms with van der Waals surface area (Å²) < 4.78 is 5.29. The van der Waals surface area contributed by atoms with Crippen LogP contribution in [0, 0.1) is 0 Å². The van der Waals surface area contributed by atoms with Gasteiger partial charge in [0.2, 0.25) is 5.89 Å². The monoisotopic (exact) mass is 226 g/mol. The molecule has 0 aliphatic heterocycles. The third-order valence-electron chi connectivity index (χ3n) is 3.05. The number of likely N-dealkylation sites (N-methyl/N-ethyl adjacent to an activating group) is 1. The summed E-state index contributed by atoms with van der Waals surface area (Å²) in [6, 6.07) is 0.375. The van der Waals surface area contributed by atoms with E-state index in [2.05, 4.69) is 36.2 Å². The zero-order valence-electron chi connectivity index (χ0n) is 10.8. The molecule has 0 aromatic carbocycles. The lowest BCUT2D eigenvalue weighted by atomic mass is 10.00. The number of hydrogen-bond donors (Lipinski definition) is 1. The SMILES string of the molecule is CCC(NC)C(C)c1nc(N(C)CC)no1. The molecule has 16 heavy (non-hydrogen) atoms. The third kappa shape index (κ3) is 2.72. The first-order chi connectivity index (χ1) is 7.63. The first kappa shape index (κ1) is 13.0. The van der Waals surface area contributed by atoms with Gasteiger partial charge in [-0.15, -0.1) is 0 Å². The van der Waals surface area contributed by atoms with Gasteiger partial charge in [0.1, 0.15) is 0 Å². The lowest BCUT2D eigenvalue weighted by molar-refractivity contribution is 0.326. The summed E-state index contributed by atoms with van der Waals surface area (Å²) in [7, 11) is 3.91. The number of hydrogen-bond acceptors (Lipinski definition) is 5. The summed E-state index contributed by atoms with van der Waals surface area (Å²) in [5, 5.41) is 7.23. The van der Waals surface area contributed by atoms with Crippen LogP contribution < -0.4 is 10.2 Å². The van der Waals surface area contributed by atoms with Gasteiger partial charge in [-0.3, -0.25) is 0 Å². The van der Waals surface area contributed by atoms with E-state index in [1.165, 1.54) is 0 Å². The van der Waals surface area contributed by atoms with Crippen LogP contribution in [-0.2, 0) is 0 Å². The summed E-state index contributed by atoms with van der Waals surface area (Å²) in [5.41, 5.74) is 0. The van der Waals surface area contributed by atoms with Gasteiger partial charge in [0, 0.05) is 19.6 Å². The molecule has 0 spiro atoms. The molecule has 92 valence electrons. The number of nitrogens with zero attached hydrogens (tertiary/aromatic N) is 3. The molecule has 0 aliphatic rings. The molecule has 2 atom stereocenters. The Morgan fingerprint density at radius 1 is 1.44 bits per heavy atom. The van der Waals surface area contributed by atoms with Crippen molar-refractivity contribution in [3.05, 3.63) is 5.89 Å². The van der Waals surface area contributed by atoms with Crippen molar-refractivity contribution >= 4 is 5.95 Å². The third-order valence-corrected chi connectivity index (χ3v) is 3.05. The highest BCUT2D eigenvalue weighted by Gasteiger charge is 2.22. The van der Waals surface area contributed by atoms with Crippen molar-refractivity contribution in [1.29, 1.82) is 0 Å². The second kappa shape index (κ2) is 5.84. The maximum absolute atomic E-state index is 5.29. The molecule has 5 nitrogen and oxygen atoms in total. The van der Waals surface area contributed by atoms with Crippen molar-refractivity contribution < 1.29 is 4.52 Å². The van der Waals surface area contributed by atoms with Crippen molar-refractivity contribution in [2.75, 3.05) is 25.5 Å². The first-order valence-electron chi connectivity index (χ1n) is 5.86. The van der Waals surface area contributed by atoms with E-state index >= 15 is 0 Å². The quantitative estimate of drug-likeness (QED) is 0.799. The summed E-state index contributed by atoms with van der Waals surface area (Å²) in [6.45, 7) is 7.18. The minimum Gasteiger partial charge on any atom is -0.342 e. The zero-order chi connectivity index (χ0) is 12.1. The lowest BCUT2D eigenvalue weighted by Gasteiger charge is -2.18. The Morgan fingerprint density at radius 3 is 2.62 bits per heavy atom. The second-order valence-corrected chi connectivity index (χ2v) is 4.04. The van der Waals surface area contributed by atoms with Gasteiger partial charge >= 0.3 is 0 Å². The Labute approximate surface area is 97.2 Å². The van der Waals surface area contributed by atoms with E-state index in [-0.39, 0.29) is 5.92 Å². The summed E-state index contributed by atoms with van der Waals surface area (Å²) in [4.78, 5) is 6.36. The minimum absolute atomic E-state index is 0.238. The Hall–Kier alpha value is -1.10. The van der Waals surface area contributed by atoms with Crippen LogP contribution in [0.25, 0.3) is 0 Å². The topological polar surface area (TPSA) is 54.2 Å². The predicted octanol–water partition coefficient (Wildman–Crippen LogP) is 1.63. The average Bonchev–Trinajstić information content (AvgIpc) is 2.78. The van der Waals surface area contributed by atoms with Crippen LogP contribution in [0.3, 0.4) is 0 Å². The van der Waals surface area contributed by atoms with Crippen molar-refractivity contribution in [3.63, 3.8) is 0 Å². The molecule has 1 rings (SSSR count).